The molecule has 116 valence electrons. The summed E-state index contributed by atoms with van der Waals surface area (Å²) in [5.74, 6) is -2.84. The molecule has 1 amide bonds. The fourth-order valence-corrected chi connectivity index (χ4v) is 1.85. The first kappa shape index (κ1) is 18.4. The van der Waals surface area contributed by atoms with Crippen LogP contribution < -0.4 is 5.32 Å². The van der Waals surface area contributed by atoms with Gasteiger partial charge in [-0.3, -0.25) is 9.59 Å². The Morgan fingerprint density at radius 3 is 2.20 bits per heavy atom. The van der Waals surface area contributed by atoms with Gasteiger partial charge in [0.1, 0.15) is 6.04 Å². The summed E-state index contributed by atoms with van der Waals surface area (Å²) in [6.07, 6.45) is 4.60. The fourth-order valence-electron chi connectivity index (χ4n) is 1.85. The minimum Gasteiger partial charge on any atom is -0.481 e. The fraction of sp³-hybridized carbons (Fsp3) is 0.786. The molecule has 0 aromatic carbocycles. The van der Waals surface area contributed by atoms with E-state index in [1.54, 1.807) is 6.92 Å². The van der Waals surface area contributed by atoms with Crippen LogP contribution in [0.4, 0.5) is 0 Å². The lowest BCUT2D eigenvalue weighted by atomic mass is 10.0. The van der Waals surface area contributed by atoms with Gasteiger partial charge in [-0.05, 0) is 12.8 Å². The standard InChI is InChI=1S/C14H25NO5/c1-3-4-5-6-7-10(2)13(18)15-11(14(19)20)8-9-12(16)17/h10-11H,3-9H2,1-2H3,(H,15,18)(H,16,17)(H,19,20). The Hall–Kier alpha value is -1.59. The molecule has 0 aromatic heterocycles. The van der Waals surface area contributed by atoms with Crippen LogP contribution in [0.5, 0.6) is 0 Å². The van der Waals surface area contributed by atoms with E-state index in [1.807, 2.05) is 0 Å². The van der Waals surface area contributed by atoms with Crippen LogP contribution in [-0.2, 0) is 14.4 Å². The highest BCUT2D eigenvalue weighted by atomic mass is 16.4. The summed E-state index contributed by atoms with van der Waals surface area (Å²) in [6, 6.07) is -1.13. The van der Waals surface area contributed by atoms with Gasteiger partial charge in [-0.2, -0.15) is 0 Å². The third-order valence-corrected chi connectivity index (χ3v) is 3.20. The molecule has 0 aliphatic heterocycles. The van der Waals surface area contributed by atoms with Crippen LogP contribution in [0.15, 0.2) is 0 Å². The van der Waals surface area contributed by atoms with Gasteiger partial charge in [-0.25, -0.2) is 4.79 Å². The molecule has 0 aliphatic carbocycles. The molecule has 0 rings (SSSR count). The van der Waals surface area contributed by atoms with E-state index in [4.69, 9.17) is 10.2 Å². The van der Waals surface area contributed by atoms with E-state index in [0.717, 1.165) is 32.1 Å². The van der Waals surface area contributed by atoms with Gasteiger partial charge in [-0.1, -0.05) is 39.5 Å². The third kappa shape index (κ3) is 8.50. The van der Waals surface area contributed by atoms with Crippen molar-refractivity contribution in [1.29, 1.82) is 0 Å². The van der Waals surface area contributed by atoms with Crippen molar-refractivity contribution in [2.24, 2.45) is 5.92 Å². The Morgan fingerprint density at radius 2 is 1.70 bits per heavy atom. The summed E-state index contributed by atoms with van der Waals surface area (Å²) in [7, 11) is 0. The number of hydrogen-bond donors (Lipinski definition) is 3. The van der Waals surface area contributed by atoms with Gasteiger partial charge in [0.25, 0.3) is 0 Å². The first-order valence-corrected chi connectivity index (χ1v) is 7.13. The highest BCUT2D eigenvalue weighted by molar-refractivity contribution is 5.85. The molecule has 6 heteroatoms. The second kappa shape index (κ2) is 10.2. The van der Waals surface area contributed by atoms with Crippen molar-refractivity contribution in [1.82, 2.24) is 5.32 Å². The summed E-state index contributed by atoms with van der Waals surface area (Å²) in [4.78, 5) is 33.2. The molecule has 0 bridgehead atoms. The van der Waals surface area contributed by atoms with Crippen molar-refractivity contribution in [2.45, 2.75) is 64.8 Å². The number of nitrogens with one attached hydrogen (secondary N) is 1. The van der Waals surface area contributed by atoms with E-state index in [9.17, 15) is 14.4 Å². The van der Waals surface area contributed by atoms with E-state index in [1.165, 1.54) is 0 Å². The Balaban J connectivity index is 4.16. The van der Waals surface area contributed by atoms with Crippen LogP contribution >= 0.6 is 0 Å². The van der Waals surface area contributed by atoms with Gasteiger partial charge >= 0.3 is 11.9 Å². The number of hydrogen-bond acceptors (Lipinski definition) is 3. The minimum atomic E-state index is -1.20. The average Bonchev–Trinajstić information content (AvgIpc) is 2.38. The molecule has 2 atom stereocenters. The van der Waals surface area contributed by atoms with Gasteiger partial charge in [0.05, 0.1) is 0 Å². The van der Waals surface area contributed by atoms with Crippen molar-refractivity contribution in [2.75, 3.05) is 0 Å². The van der Waals surface area contributed by atoms with Crippen LogP contribution in [-0.4, -0.2) is 34.1 Å². The lowest BCUT2D eigenvalue weighted by Crippen LogP contribution is -2.43. The van der Waals surface area contributed by atoms with Gasteiger partial charge in [0.2, 0.25) is 5.91 Å². The molecular formula is C14H25NO5. The largest absolute Gasteiger partial charge is 0.481 e. The van der Waals surface area contributed by atoms with Crippen molar-refractivity contribution in [3.05, 3.63) is 0 Å². The molecule has 0 spiro atoms. The van der Waals surface area contributed by atoms with Crippen LogP contribution in [0.3, 0.4) is 0 Å². The molecule has 6 nitrogen and oxygen atoms in total. The molecule has 0 fully saturated rings. The summed E-state index contributed by atoms with van der Waals surface area (Å²) in [5.41, 5.74) is 0. The monoisotopic (exact) mass is 287 g/mol. The number of amides is 1. The zero-order valence-electron chi connectivity index (χ0n) is 12.2. The van der Waals surface area contributed by atoms with Crippen molar-refractivity contribution >= 4 is 17.8 Å². The maximum absolute atomic E-state index is 11.8. The summed E-state index contributed by atoms with van der Waals surface area (Å²) in [5, 5.41) is 19.9. The lowest BCUT2D eigenvalue weighted by molar-refractivity contribution is -0.143. The predicted octanol–water partition coefficient (Wildman–Crippen LogP) is 2.03. The van der Waals surface area contributed by atoms with E-state index in [-0.39, 0.29) is 24.7 Å². The lowest BCUT2D eigenvalue weighted by Gasteiger charge is -2.17. The Labute approximate surface area is 119 Å². The van der Waals surface area contributed by atoms with Gasteiger partial charge < -0.3 is 15.5 Å². The molecule has 0 saturated heterocycles. The van der Waals surface area contributed by atoms with E-state index in [2.05, 4.69) is 12.2 Å². The molecule has 0 saturated carbocycles. The summed E-state index contributed by atoms with van der Waals surface area (Å²) >= 11 is 0. The second-order valence-electron chi connectivity index (χ2n) is 5.08. The number of carbonyl (C=O) groups excluding carboxylic acids is 1. The first-order chi connectivity index (χ1) is 9.38. The van der Waals surface area contributed by atoms with E-state index in [0.29, 0.717) is 0 Å². The van der Waals surface area contributed by atoms with Crippen molar-refractivity contribution in [3.8, 4) is 0 Å². The molecule has 0 radical (unpaired) electrons. The van der Waals surface area contributed by atoms with Crippen LogP contribution in [0, 0.1) is 5.92 Å². The smallest absolute Gasteiger partial charge is 0.326 e. The number of carbonyl (C=O) groups is 3. The van der Waals surface area contributed by atoms with Crippen LogP contribution in [0.25, 0.3) is 0 Å². The summed E-state index contributed by atoms with van der Waals surface area (Å²) < 4.78 is 0. The summed E-state index contributed by atoms with van der Waals surface area (Å²) in [6.45, 7) is 3.87. The average molecular weight is 287 g/mol. The molecule has 20 heavy (non-hydrogen) atoms. The molecule has 2 unspecified atom stereocenters. The number of carboxylic acids is 2. The maximum Gasteiger partial charge on any atom is 0.326 e. The zero-order valence-corrected chi connectivity index (χ0v) is 12.2. The van der Waals surface area contributed by atoms with Gasteiger partial charge in [-0.15, -0.1) is 0 Å². The SMILES string of the molecule is CCCCCCC(C)C(=O)NC(CCC(=O)O)C(=O)O. The van der Waals surface area contributed by atoms with Crippen LogP contribution in [0.1, 0.15) is 58.8 Å². The van der Waals surface area contributed by atoms with Crippen molar-refractivity contribution in [3.63, 3.8) is 0 Å². The number of rotatable bonds is 11. The number of unbranched alkanes of at least 4 members (excludes halogenated alkanes) is 3. The normalized spacial score (nSPS) is 13.5. The Bertz CT molecular complexity index is 330. The predicted molar refractivity (Wildman–Crippen MR) is 74.4 cm³/mol. The molecule has 0 aliphatic rings. The second-order valence-corrected chi connectivity index (χ2v) is 5.08. The van der Waals surface area contributed by atoms with Crippen LogP contribution in [0.2, 0.25) is 0 Å². The highest BCUT2D eigenvalue weighted by Crippen LogP contribution is 2.11. The molecular weight excluding hydrogens is 262 g/mol. The quantitative estimate of drug-likeness (QED) is 0.504. The molecule has 3 N–H and O–H groups in total. The topological polar surface area (TPSA) is 104 Å². The highest BCUT2D eigenvalue weighted by Gasteiger charge is 2.23. The van der Waals surface area contributed by atoms with Gasteiger partial charge in [0, 0.05) is 12.3 Å². The van der Waals surface area contributed by atoms with Crippen molar-refractivity contribution < 1.29 is 24.6 Å². The Morgan fingerprint density at radius 1 is 1.05 bits per heavy atom. The zero-order chi connectivity index (χ0) is 15.5. The van der Waals surface area contributed by atoms with Gasteiger partial charge in [0.15, 0.2) is 0 Å². The number of carboxylic acid groups (broad SMARTS) is 2. The Kier molecular flexibility index (Phi) is 9.41. The minimum absolute atomic E-state index is 0.0983. The van der Waals surface area contributed by atoms with E-state index >= 15 is 0 Å². The molecule has 0 aromatic rings. The number of aliphatic carboxylic acids is 2. The maximum atomic E-state index is 11.8. The first-order valence-electron chi connectivity index (χ1n) is 7.13. The molecule has 0 heterocycles. The third-order valence-electron chi connectivity index (χ3n) is 3.20. The van der Waals surface area contributed by atoms with E-state index < -0.39 is 18.0 Å².